The van der Waals surface area contributed by atoms with Gasteiger partial charge in [-0.3, -0.25) is 4.68 Å². The van der Waals surface area contributed by atoms with Crippen molar-refractivity contribution in [3.05, 3.63) is 47.3 Å². The Kier molecular flexibility index (Phi) is 5.39. The molecule has 0 unspecified atom stereocenters. The first kappa shape index (κ1) is 15.6. The molecular formula is C17H25N3O. The maximum absolute atomic E-state index is 5.75. The van der Waals surface area contributed by atoms with Crippen LogP contribution < -0.4 is 10.1 Å². The van der Waals surface area contributed by atoms with Crippen molar-refractivity contribution in [2.24, 2.45) is 13.0 Å². The lowest BCUT2D eigenvalue weighted by molar-refractivity contribution is 0.271. The average molecular weight is 287 g/mol. The molecule has 1 N–H and O–H groups in total. The van der Waals surface area contributed by atoms with Crippen molar-refractivity contribution in [2.45, 2.75) is 33.9 Å². The van der Waals surface area contributed by atoms with Crippen LogP contribution in [0, 0.1) is 12.8 Å². The largest absolute Gasteiger partial charge is 0.493 e. The van der Waals surface area contributed by atoms with Crippen LogP contribution in [-0.2, 0) is 20.1 Å². The van der Waals surface area contributed by atoms with Crippen LogP contribution in [0.25, 0.3) is 0 Å². The summed E-state index contributed by atoms with van der Waals surface area (Å²) in [6.07, 6.45) is 1.92. The molecular weight excluding hydrogens is 262 g/mol. The summed E-state index contributed by atoms with van der Waals surface area (Å²) < 4.78 is 7.65. The molecule has 0 radical (unpaired) electrons. The Morgan fingerprint density at radius 1 is 1.29 bits per heavy atom. The van der Waals surface area contributed by atoms with Gasteiger partial charge in [-0.05, 0) is 30.5 Å². The molecule has 1 heterocycles. The fraction of sp³-hybridized carbons (Fsp3) is 0.471. The monoisotopic (exact) mass is 287 g/mol. The molecule has 0 aliphatic heterocycles. The smallest absolute Gasteiger partial charge is 0.119 e. The van der Waals surface area contributed by atoms with Crippen molar-refractivity contribution in [2.75, 3.05) is 6.61 Å². The zero-order valence-electron chi connectivity index (χ0n) is 13.4. The second-order valence-electron chi connectivity index (χ2n) is 5.83. The molecule has 0 fully saturated rings. The van der Waals surface area contributed by atoms with Crippen LogP contribution >= 0.6 is 0 Å². The number of aromatic nitrogens is 2. The second-order valence-corrected chi connectivity index (χ2v) is 5.83. The van der Waals surface area contributed by atoms with E-state index in [0.717, 1.165) is 25.4 Å². The van der Waals surface area contributed by atoms with Crippen LogP contribution in [0.4, 0.5) is 0 Å². The highest BCUT2D eigenvalue weighted by atomic mass is 16.5. The fourth-order valence-corrected chi connectivity index (χ4v) is 2.07. The highest BCUT2D eigenvalue weighted by molar-refractivity contribution is 5.28. The van der Waals surface area contributed by atoms with E-state index in [4.69, 9.17) is 4.74 Å². The minimum absolute atomic E-state index is 0.542. The Hall–Kier alpha value is -1.81. The lowest BCUT2D eigenvalue weighted by Gasteiger charge is -2.10. The third kappa shape index (κ3) is 4.60. The topological polar surface area (TPSA) is 39.1 Å². The quantitative estimate of drug-likeness (QED) is 0.850. The van der Waals surface area contributed by atoms with Gasteiger partial charge in [0.05, 0.1) is 12.8 Å². The standard InChI is InChI=1S/C17H25N3O/c1-13(2)12-21-17-7-5-6-15(8-17)9-18-10-16-11-19-20(4)14(16)3/h5-8,11,13,18H,9-10,12H2,1-4H3. The molecule has 0 atom stereocenters. The summed E-state index contributed by atoms with van der Waals surface area (Å²) in [5.41, 5.74) is 3.68. The molecule has 21 heavy (non-hydrogen) atoms. The number of hydrogen-bond acceptors (Lipinski definition) is 3. The molecule has 0 bridgehead atoms. The molecule has 0 spiro atoms. The Balaban J connectivity index is 1.85. The Morgan fingerprint density at radius 2 is 2.10 bits per heavy atom. The van der Waals surface area contributed by atoms with E-state index < -0.39 is 0 Å². The molecule has 114 valence electrons. The van der Waals surface area contributed by atoms with Gasteiger partial charge in [-0.15, -0.1) is 0 Å². The highest BCUT2D eigenvalue weighted by Crippen LogP contribution is 2.14. The molecule has 0 aliphatic carbocycles. The van der Waals surface area contributed by atoms with Crippen molar-refractivity contribution >= 4 is 0 Å². The first-order chi connectivity index (χ1) is 10.1. The molecule has 0 aliphatic rings. The van der Waals surface area contributed by atoms with Crippen LogP contribution in [-0.4, -0.2) is 16.4 Å². The third-order valence-corrected chi connectivity index (χ3v) is 3.46. The summed E-state index contributed by atoms with van der Waals surface area (Å²) >= 11 is 0. The van der Waals surface area contributed by atoms with Gasteiger partial charge in [-0.25, -0.2) is 0 Å². The number of nitrogens with zero attached hydrogens (tertiary/aromatic N) is 2. The minimum Gasteiger partial charge on any atom is -0.493 e. The van der Waals surface area contributed by atoms with Gasteiger partial charge < -0.3 is 10.1 Å². The van der Waals surface area contributed by atoms with Crippen molar-refractivity contribution in [1.29, 1.82) is 0 Å². The van der Waals surface area contributed by atoms with E-state index in [2.05, 4.69) is 43.3 Å². The Labute approximate surface area is 127 Å². The van der Waals surface area contributed by atoms with E-state index in [1.807, 2.05) is 30.1 Å². The number of aryl methyl sites for hydroxylation is 1. The Morgan fingerprint density at radius 3 is 2.76 bits per heavy atom. The summed E-state index contributed by atoms with van der Waals surface area (Å²) in [4.78, 5) is 0. The van der Waals surface area contributed by atoms with Crippen molar-refractivity contribution in [3.8, 4) is 5.75 Å². The fourth-order valence-electron chi connectivity index (χ4n) is 2.07. The number of benzene rings is 1. The van der Waals surface area contributed by atoms with E-state index in [0.29, 0.717) is 5.92 Å². The molecule has 0 saturated heterocycles. The van der Waals surface area contributed by atoms with E-state index in [1.165, 1.54) is 16.8 Å². The van der Waals surface area contributed by atoms with Gasteiger partial charge in [0.15, 0.2) is 0 Å². The number of rotatable bonds is 7. The summed E-state index contributed by atoms with van der Waals surface area (Å²) in [6, 6.07) is 8.27. The molecule has 2 aromatic rings. The molecule has 4 heteroatoms. The first-order valence-electron chi connectivity index (χ1n) is 7.46. The molecule has 1 aromatic heterocycles. The second kappa shape index (κ2) is 7.27. The number of ether oxygens (including phenoxy) is 1. The van der Waals surface area contributed by atoms with Gasteiger partial charge in [-0.1, -0.05) is 26.0 Å². The lowest BCUT2D eigenvalue weighted by atomic mass is 10.2. The maximum atomic E-state index is 5.75. The predicted octanol–water partition coefficient (Wildman–Crippen LogP) is 3.05. The zero-order chi connectivity index (χ0) is 15.2. The minimum atomic E-state index is 0.542. The summed E-state index contributed by atoms with van der Waals surface area (Å²) in [5.74, 6) is 1.49. The molecule has 4 nitrogen and oxygen atoms in total. The molecule has 1 aromatic carbocycles. The zero-order valence-corrected chi connectivity index (χ0v) is 13.4. The first-order valence-corrected chi connectivity index (χ1v) is 7.46. The summed E-state index contributed by atoms with van der Waals surface area (Å²) in [7, 11) is 1.97. The SMILES string of the molecule is Cc1c(CNCc2cccc(OCC(C)C)c2)cnn1C. The third-order valence-electron chi connectivity index (χ3n) is 3.46. The average Bonchev–Trinajstić information content (AvgIpc) is 2.78. The Bertz CT molecular complexity index is 575. The van der Waals surface area contributed by atoms with Crippen LogP contribution in [0.3, 0.4) is 0 Å². The maximum Gasteiger partial charge on any atom is 0.119 e. The van der Waals surface area contributed by atoms with Crippen LogP contribution in [0.15, 0.2) is 30.5 Å². The van der Waals surface area contributed by atoms with E-state index in [-0.39, 0.29) is 0 Å². The van der Waals surface area contributed by atoms with Gasteiger partial charge in [0.2, 0.25) is 0 Å². The summed E-state index contributed by atoms with van der Waals surface area (Å²) in [5, 5.41) is 7.71. The van der Waals surface area contributed by atoms with Gasteiger partial charge in [-0.2, -0.15) is 5.10 Å². The van der Waals surface area contributed by atoms with Crippen LogP contribution in [0.2, 0.25) is 0 Å². The highest BCUT2D eigenvalue weighted by Gasteiger charge is 2.03. The van der Waals surface area contributed by atoms with Crippen molar-refractivity contribution in [3.63, 3.8) is 0 Å². The number of nitrogens with one attached hydrogen (secondary N) is 1. The molecule has 0 saturated carbocycles. The van der Waals surface area contributed by atoms with Crippen molar-refractivity contribution in [1.82, 2.24) is 15.1 Å². The van der Waals surface area contributed by atoms with Gasteiger partial charge >= 0.3 is 0 Å². The van der Waals surface area contributed by atoms with E-state index in [9.17, 15) is 0 Å². The van der Waals surface area contributed by atoms with Crippen LogP contribution in [0.1, 0.15) is 30.7 Å². The summed E-state index contributed by atoms with van der Waals surface area (Å²) in [6.45, 7) is 8.81. The van der Waals surface area contributed by atoms with Crippen LogP contribution in [0.5, 0.6) is 5.75 Å². The van der Waals surface area contributed by atoms with Gasteiger partial charge in [0, 0.05) is 31.4 Å². The normalized spacial score (nSPS) is 11.1. The van der Waals surface area contributed by atoms with Crippen molar-refractivity contribution < 1.29 is 4.74 Å². The van der Waals surface area contributed by atoms with Gasteiger partial charge in [0.1, 0.15) is 5.75 Å². The molecule has 2 rings (SSSR count). The predicted molar refractivity (Wildman–Crippen MR) is 85.3 cm³/mol. The van der Waals surface area contributed by atoms with Gasteiger partial charge in [0.25, 0.3) is 0 Å². The molecule has 0 amide bonds. The van der Waals surface area contributed by atoms with E-state index >= 15 is 0 Å². The number of hydrogen-bond donors (Lipinski definition) is 1. The van der Waals surface area contributed by atoms with E-state index in [1.54, 1.807) is 0 Å². The lowest BCUT2D eigenvalue weighted by Crippen LogP contribution is -2.13.